The van der Waals surface area contributed by atoms with Gasteiger partial charge >= 0.3 is 0 Å². The van der Waals surface area contributed by atoms with Gasteiger partial charge in [-0.15, -0.1) is 0 Å². The van der Waals surface area contributed by atoms with Crippen LogP contribution in [0.3, 0.4) is 0 Å². The summed E-state index contributed by atoms with van der Waals surface area (Å²) in [5.74, 6) is 0. The largest absolute Gasteiger partial charge is 0.398 e. The van der Waals surface area contributed by atoms with E-state index in [9.17, 15) is 0 Å². The predicted molar refractivity (Wildman–Crippen MR) is 96.5 cm³/mol. The Morgan fingerprint density at radius 1 is 0.455 bits per heavy atom. The van der Waals surface area contributed by atoms with E-state index < -0.39 is 0 Å². The molecule has 5 aromatic carbocycles. The molecule has 4 N–H and O–H groups in total. The lowest BCUT2D eigenvalue weighted by atomic mass is 9.89. The summed E-state index contributed by atoms with van der Waals surface area (Å²) in [6, 6.07) is 21.1. The van der Waals surface area contributed by atoms with Crippen LogP contribution < -0.4 is 11.5 Å². The third-order valence-electron chi connectivity index (χ3n) is 4.71. The van der Waals surface area contributed by atoms with Gasteiger partial charge in [0.25, 0.3) is 0 Å². The summed E-state index contributed by atoms with van der Waals surface area (Å²) < 4.78 is 0. The molecule has 0 atom stereocenters. The summed E-state index contributed by atoms with van der Waals surface area (Å²) in [5, 5.41) is 9.68. The first-order chi connectivity index (χ1) is 10.8. The zero-order chi connectivity index (χ0) is 14.8. The van der Waals surface area contributed by atoms with Gasteiger partial charge < -0.3 is 11.5 Å². The molecule has 5 rings (SSSR count). The number of fused-ring (bicyclic) bond motifs is 2. The molecule has 0 heterocycles. The molecular weight excluding hydrogens is 268 g/mol. The van der Waals surface area contributed by atoms with Crippen LogP contribution in [0.5, 0.6) is 0 Å². The number of anilines is 2. The normalized spacial score (nSPS) is 12.0. The second-order valence-electron chi connectivity index (χ2n) is 5.86. The molecule has 0 aromatic heterocycles. The minimum atomic E-state index is 0.740. The summed E-state index contributed by atoms with van der Waals surface area (Å²) >= 11 is 0. The molecule has 0 saturated heterocycles. The van der Waals surface area contributed by atoms with Crippen molar-refractivity contribution >= 4 is 54.5 Å². The van der Waals surface area contributed by atoms with Gasteiger partial charge in [0, 0.05) is 22.1 Å². The Kier molecular flexibility index (Phi) is 2.01. The molecule has 0 fully saturated rings. The molecule has 0 aliphatic rings. The second kappa shape index (κ2) is 3.80. The summed E-state index contributed by atoms with van der Waals surface area (Å²) in [4.78, 5) is 0. The van der Waals surface area contributed by atoms with Gasteiger partial charge in [-0.3, -0.25) is 0 Å². The fourth-order valence-electron chi connectivity index (χ4n) is 3.79. The molecule has 104 valence electrons. The van der Waals surface area contributed by atoms with Crippen molar-refractivity contribution in [3.05, 3.63) is 60.7 Å². The molecule has 2 nitrogen and oxygen atoms in total. The Balaban J connectivity index is 2.29. The van der Waals surface area contributed by atoms with E-state index in [2.05, 4.69) is 48.5 Å². The van der Waals surface area contributed by atoms with Crippen molar-refractivity contribution in [2.24, 2.45) is 0 Å². The van der Waals surface area contributed by atoms with E-state index in [1.807, 2.05) is 12.1 Å². The van der Waals surface area contributed by atoms with Crippen molar-refractivity contribution in [3.8, 4) is 0 Å². The van der Waals surface area contributed by atoms with E-state index in [1.165, 1.54) is 37.7 Å². The lowest BCUT2D eigenvalue weighted by Gasteiger charge is -2.16. The van der Waals surface area contributed by atoms with Crippen LogP contribution in [0, 0.1) is 0 Å². The van der Waals surface area contributed by atoms with Crippen LogP contribution in [0.15, 0.2) is 60.7 Å². The molecule has 0 amide bonds. The number of hydrogen-bond acceptors (Lipinski definition) is 2. The Bertz CT molecular complexity index is 1100. The molecule has 5 aromatic rings. The number of rotatable bonds is 0. The van der Waals surface area contributed by atoms with Crippen LogP contribution in [0.1, 0.15) is 0 Å². The highest BCUT2D eigenvalue weighted by Crippen LogP contribution is 2.43. The van der Waals surface area contributed by atoms with Gasteiger partial charge in [-0.1, -0.05) is 48.5 Å². The molecule has 0 aliphatic carbocycles. The van der Waals surface area contributed by atoms with Crippen LogP contribution in [0.25, 0.3) is 43.1 Å². The SMILES string of the molecule is Nc1ccc2c3cccc4cccc(c5ccc(N)c1c25)c43. The van der Waals surface area contributed by atoms with Crippen molar-refractivity contribution in [2.45, 2.75) is 0 Å². The van der Waals surface area contributed by atoms with Gasteiger partial charge in [-0.05, 0) is 44.5 Å². The summed E-state index contributed by atoms with van der Waals surface area (Å²) in [7, 11) is 0. The molecule has 0 unspecified atom stereocenters. The lowest BCUT2D eigenvalue weighted by molar-refractivity contribution is 1.75. The molecule has 0 saturated carbocycles. The molecule has 2 heteroatoms. The average molecular weight is 282 g/mol. The number of hydrogen-bond donors (Lipinski definition) is 2. The van der Waals surface area contributed by atoms with Crippen molar-refractivity contribution in [1.82, 2.24) is 0 Å². The highest BCUT2D eigenvalue weighted by Gasteiger charge is 2.14. The first-order valence-electron chi connectivity index (χ1n) is 7.39. The van der Waals surface area contributed by atoms with Crippen molar-refractivity contribution in [2.75, 3.05) is 11.5 Å². The van der Waals surface area contributed by atoms with E-state index in [0.29, 0.717) is 0 Å². The third-order valence-corrected chi connectivity index (χ3v) is 4.71. The van der Waals surface area contributed by atoms with Gasteiger partial charge in [-0.25, -0.2) is 0 Å². The van der Waals surface area contributed by atoms with Crippen LogP contribution in [-0.4, -0.2) is 0 Å². The number of benzene rings is 5. The molecule has 0 aliphatic heterocycles. The first kappa shape index (κ1) is 11.6. The van der Waals surface area contributed by atoms with Crippen molar-refractivity contribution in [3.63, 3.8) is 0 Å². The van der Waals surface area contributed by atoms with Crippen LogP contribution >= 0.6 is 0 Å². The maximum Gasteiger partial charge on any atom is 0.0415 e. The first-order valence-corrected chi connectivity index (χ1v) is 7.39. The smallest absolute Gasteiger partial charge is 0.0415 e. The predicted octanol–water partition coefficient (Wildman–Crippen LogP) is 4.90. The van der Waals surface area contributed by atoms with E-state index in [1.54, 1.807) is 0 Å². The topological polar surface area (TPSA) is 52.0 Å². The summed E-state index contributed by atoms with van der Waals surface area (Å²) in [5.41, 5.74) is 13.9. The number of nitrogens with two attached hydrogens (primary N) is 2. The quantitative estimate of drug-likeness (QED) is 0.241. The third kappa shape index (κ3) is 1.25. The molecule has 0 radical (unpaired) electrons. The molecule has 22 heavy (non-hydrogen) atoms. The van der Waals surface area contributed by atoms with Gasteiger partial charge in [-0.2, -0.15) is 0 Å². The molecule has 0 bridgehead atoms. The maximum atomic E-state index is 6.21. The van der Waals surface area contributed by atoms with Crippen LogP contribution in [0.2, 0.25) is 0 Å². The Morgan fingerprint density at radius 2 is 0.955 bits per heavy atom. The van der Waals surface area contributed by atoms with E-state index >= 15 is 0 Å². The second-order valence-corrected chi connectivity index (χ2v) is 5.86. The number of nitrogen functional groups attached to an aromatic ring is 2. The highest BCUT2D eigenvalue weighted by atomic mass is 14.6. The standard InChI is InChI=1S/C20H14N2/c21-16-9-7-14-12-5-1-3-11-4-2-6-13(18(11)12)15-8-10-17(22)20(16)19(14)15/h1-10H,21-22H2. The summed E-state index contributed by atoms with van der Waals surface area (Å²) in [6.07, 6.45) is 0. The van der Waals surface area contributed by atoms with Crippen LogP contribution in [0.4, 0.5) is 11.4 Å². The van der Waals surface area contributed by atoms with Gasteiger partial charge in [0.05, 0.1) is 0 Å². The monoisotopic (exact) mass is 282 g/mol. The van der Waals surface area contributed by atoms with Gasteiger partial charge in [0.1, 0.15) is 0 Å². The maximum absolute atomic E-state index is 6.21. The lowest BCUT2D eigenvalue weighted by Crippen LogP contribution is -1.95. The van der Waals surface area contributed by atoms with E-state index in [0.717, 1.165) is 16.8 Å². The van der Waals surface area contributed by atoms with E-state index in [4.69, 9.17) is 11.5 Å². The minimum absolute atomic E-state index is 0.740. The zero-order valence-electron chi connectivity index (χ0n) is 11.9. The van der Waals surface area contributed by atoms with Crippen LogP contribution in [-0.2, 0) is 0 Å². The zero-order valence-corrected chi connectivity index (χ0v) is 11.9. The van der Waals surface area contributed by atoms with E-state index in [-0.39, 0.29) is 0 Å². The molecular formula is C20H14N2. The Labute approximate surface area is 127 Å². The van der Waals surface area contributed by atoms with Gasteiger partial charge in [0.2, 0.25) is 0 Å². The minimum Gasteiger partial charge on any atom is -0.398 e. The Hall–Kier alpha value is -3.00. The fraction of sp³-hybridized carbons (Fsp3) is 0. The molecule has 0 spiro atoms. The highest BCUT2D eigenvalue weighted by molar-refractivity contribution is 6.35. The van der Waals surface area contributed by atoms with Crippen molar-refractivity contribution < 1.29 is 0 Å². The summed E-state index contributed by atoms with van der Waals surface area (Å²) in [6.45, 7) is 0. The van der Waals surface area contributed by atoms with Gasteiger partial charge in [0.15, 0.2) is 0 Å². The average Bonchev–Trinajstić information content (AvgIpc) is 2.54. The fourth-order valence-corrected chi connectivity index (χ4v) is 3.79. The Morgan fingerprint density at radius 3 is 1.50 bits per heavy atom. The van der Waals surface area contributed by atoms with Crippen molar-refractivity contribution in [1.29, 1.82) is 0 Å².